The maximum atomic E-state index is 12.1. The minimum Gasteiger partial charge on any atom is -0.340 e. The summed E-state index contributed by atoms with van der Waals surface area (Å²) in [4.78, 5) is 15.9. The summed E-state index contributed by atoms with van der Waals surface area (Å²) >= 11 is 0. The molecule has 0 fully saturated rings. The highest BCUT2D eigenvalue weighted by molar-refractivity contribution is 5.96. The van der Waals surface area contributed by atoms with E-state index in [2.05, 4.69) is 15.1 Å². The molecule has 1 heterocycles. The van der Waals surface area contributed by atoms with Gasteiger partial charge >= 0.3 is 0 Å². The van der Waals surface area contributed by atoms with Crippen LogP contribution in [0.25, 0.3) is 0 Å². The van der Waals surface area contributed by atoms with Crippen LogP contribution in [0.5, 0.6) is 0 Å². The zero-order valence-electron chi connectivity index (χ0n) is 10.7. The Morgan fingerprint density at radius 1 is 1.25 bits per heavy atom. The summed E-state index contributed by atoms with van der Waals surface area (Å²) in [6, 6.07) is 0. The molecule has 16 heavy (non-hydrogen) atoms. The fraction of sp³-hybridized carbons (Fsp3) is 0.636. The highest BCUT2D eigenvalue weighted by atomic mass is 16.2. The Morgan fingerprint density at radius 3 is 2.31 bits per heavy atom. The largest absolute Gasteiger partial charge is 0.340 e. The van der Waals surface area contributed by atoms with Crippen molar-refractivity contribution in [1.82, 2.24) is 20.0 Å². The molecule has 1 aromatic heterocycles. The van der Waals surface area contributed by atoms with Crippen molar-refractivity contribution in [3.63, 3.8) is 0 Å². The van der Waals surface area contributed by atoms with Gasteiger partial charge < -0.3 is 9.80 Å². The SMILES string of the molecule is Cc1n[nH]c(C)c1C(=O)N(C)CCN(C)C. The van der Waals surface area contributed by atoms with Crippen molar-refractivity contribution in [1.29, 1.82) is 0 Å². The molecular formula is C11H20N4O. The molecule has 0 unspecified atom stereocenters. The summed E-state index contributed by atoms with van der Waals surface area (Å²) in [6.07, 6.45) is 0. The lowest BCUT2D eigenvalue weighted by atomic mass is 10.2. The van der Waals surface area contributed by atoms with Crippen LogP contribution < -0.4 is 0 Å². The average molecular weight is 224 g/mol. The second kappa shape index (κ2) is 5.12. The van der Waals surface area contributed by atoms with Crippen LogP contribution in [0.15, 0.2) is 0 Å². The standard InChI is InChI=1S/C11H20N4O/c1-8-10(9(2)13-12-8)11(16)15(5)7-6-14(3)4/h6-7H2,1-5H3,(H,12,13). The average Bonchev–Trinajstić information content (AvgIpc) is 2.54. The van der Waals surface area contributed by atoms with Gasteiger partial charge in [-0.05, 0) is 27.9 Å². The molecule has 0 spiro atoms. The normalized spacial score (nSPS) is 10.9. The number of aryl methyl sites for hydroxylation is 2. The molecule has 0 saturated heterocycles. The number of hydrogen-bond acceptors (Lipinski definition) is 3. The smallest absolute Gasteiger partial charge is 0.257 e. The monoisotopic (exact) mass is 224 g/mol. The van der Waals surface area contributed by atoms with E-state index in [1.54, 1.807) is 4.90 Å². The van der Waals surface area contributed by atoms with E-state index in [9.17, 15) is 4.79 Å². The summed E-state index contributed by atoms with van der Waals surface area (Å²) in [5, 5.41) is 6.86. The summed E-state index contributed by atoms with van der Waals surface area (Å²) < 4.78 is 0. The van der Waals surface area contributed by atoms with Gasteiger partial charge in [-0.1, -0.05) is 0 Å². The van der Waals surface area contributed by atoms with Gasteiger partial charge in [-0.3, -0.25) is 9.89 Å². The second-order valence-electron chi connectivity index (χ2n) is 4.34. The summed E-state index contributed by atoms with van der Waals surface area (Å²) in [5.74, 6) is 0.0330. The van der Waals surface area contributed by atoms with Gasteiger partial charge in [0, 0.05) is 25.8 Å². The van der Waals surface area contributed by atoms with Gasteiger partial charge in [0.05, 0.1) is 11.3 Å². The number of aromatic nitrogens is 2. The van der Waals surface area contributed by atoms with Crippen molar-refractivity contribution in [2.45, 2.75) is 13.8 Å². The maximum absolute atomic E-state index is 12.1. The van der Waals surface area contributed by atoms with E-state index in [0.717, 1.165) is 24.5 Å². The molecule has 1 rings (SSSR count). The van der Waals surface area contributed by atoms with E-state index < -0.39 is 0 Å². The number of amides is 1. The van der Waals surface area contributed by atoms with Crippen molar-refractivity contribution in [2.75, 3.05) is 34.2 Å². The van der Waals surface area contributed by atoms with Gasteiger partial charge in [0.2, 0.25) is 0 Å². The van der Waals surface area contributed by atoms with Gasteiger partial charge in [-0.2, -0.15) is 5.10 Å². The minimum absolute atomic E-state index is 0.0330. The predicted octanol–water partition coefficient (Wildman–Crippen LogP) is 0.660. The lowest BCUT2D eigenvalue weighted by molar-refractivity contribution is 0.0785. The van der Waals surface area contributed by atoms with Crippen LogP contribution in [0.2, 0.25) is 0 Å². The van der Waals surface area contributed by atoms with E-state index in [4.69, 9.17) is 0 Å². The van der Waals surface area contributed by atoms with Gasteiger partial charge in [0.1, 0.15) is 0 Å². The number of nitrogens with one attached hydrogen (secondary N) is 1. The highest BCUT2D eigenvalue weighted by Crippen LogP contribution is 2.11. The number of carbonyl (C=O) groups is 1. The van der Waals surface area contributed by atoms with Crippen LogP contribution in [0.4, 0.5) is 0 Å². The molecule has 1 aromatic rings. The molecule has 0 aromatic carbocycles. The molecule has 0 radical (unpaired) electrons. The number of hydrogen-bond donors (Lipinski definition) is 1. The zero-order chi connectivity index (χ0) is 12.3. The van der Waals surface area contributed by atoms with Gasteiger partial charge in [0.15, 0.2) is 0 Å². The topological polar surface area (TPSA) is 52.2 Å². The Bertz CT molecular complexity index is 351. The Hall–Kier alpha value is -1.36. The van der Waals surface area contributed by atoms with Gasteiger partial charge in [-0.15, -0.1) is 0 Å². The molecule has 1 N–H and O–H groups in total. The van der Waals surface area contributed by atoms with Crippen LogP contribution in [-0.2, 0) is 0 Å². The maximum Gasteiger partial charge on any atom is 0.257 e. The molecule has 90 valence electrons. The minimum atomic E-state index is 0.0330. The number of nitrogens with zero attached hydrogens (tertiary/aromatic N) is 3. The number of rotatable bonds is 4. The Kier molecular flexibility index (Phi) is 4.06. The predicted molar refractivity (Wildman–Crippen MR) is 63.6 cm³/mol. The van der Waals surface area contributed by atoms with Crippen LogP contribution in [0, 0.1) is 13.8 Å². The van der Waals surface area contributed by atoms with E-state index in [1.165, 1.54) is 0 Å². The molecule has 0 saturated carbocycles. The van der Waals surface area contributed by atoms with Crippen LogP contribution in [0.1, 0.15) is 21.7 Å². The van der Waals surface area contributed by atoms with E-state index in [1.807, 2.05) is 35.0 Å². The summed E-state index contributed by atoms with van der Waals surface area (Å²) in [6.45, 7) is 5.29. The quantitative estimate of drug-likeness (QED) is 0.817. The zero-order valence-corrected chi connectivity index (χ0v) is 10.7. The number of carbonyl (C=O) groups excluding carboxylic acids is 1. The van der Waals surface area contributed by atoms with E-state index in [0.29, 0.717) is 5.56 Å². The fourth-order valence-electron chi connectivity index (χ4n) is 1.51. The molecule has 0 bridgehead atoms. The highest BCUT2D eigenvalue weighted by Gasteiger charge is 2.18. The first-order valence-electron chi connectivity index (χ1n) is 5.35. The Morgan fingerprint density at radius 2 is 1.88 bits per heavy atom. The van der Waals surface area contributed by atoms with Gasteiger partial charge in [-0.25, -0.2) is 0 Å². The lowest BCUT2D eigenvalue weighted by Crippen LogP contribution is -2.34. The van der Waals surface area contributed by atoms with Crippen molar-refractivity contribution < 1.29 is 4.79 Å². The molecule has 0 aliphatic rings. The lowest BCUT2D eigenvalue weighted by Gasteiger charge is -2.19. The van der Waals surface area contributed by atoms with Crippen molar-refractivity contribution in [3.8, 4) is 0 Å². The second-order valence-corrected chi connectivity index (χ2v) is 4.34. The number of likely N-dealkylation sites (N-methyl/N-ethyl adjacent to an activating group) is 2. The molecule has 1 amide bonds. The van der Waals surface area contributed by atoms with Crippen molar-refractivity contribution in [3.05, 3.63) is 17.0 Å². The van der Waals surface area contributed by atoms with Crippen molar-refractivity contribution in [2.24, 2.45) is 0 Å². The number of aromatic amines is 1. The molecule has 0 aliphatic carbocycles. The van der Waals surface area contributed by atoms with Crippen LogP contribution in [-0.4, -0.2) is 60.1 Å². The first-order chi connectivity index (χ1) is 7.43. The third kappa shape index (κ3) is 2.82. The molecule has 0 aliphatic heterocycles. The summed E-state index contributed by atoms with van der Waals surface area (Å²) in [5.41, 5.74) is 2.29. The first kappa shape index (κ1) is 12.7. The Labute approximate surface area is 96.4 Å². The van der Waals surface area contributed by atoms with E-state index >= 15 is 0 Å². The molecule has 0 atom stereocenters. The number of H-pyrrole nitrogens is 1. The van der Waals surface area contributed by atoms with Gasteiger partial charge in [0.25, 0.3) is 5.91 Å². The third-order valence-electron chi connectivity index (χ3n) is 2.57. The fourth-order valence-corrected chi connectivity index (χ4v) is 1.51. The molecular weight excluding hydrogens is 204 g/mol. The van der Waals surface area contributed by atoms with E-state index in [-0.39, 0.29) is 5.91 Å². The first-order valence-corrected chi connectivity index (χ1v) is 5.35. The summed E-state index contributed by atoms with van der Waals surface area (Å²) in [7, 11) is 5.80. The van der Waals surface area contributed by atoms with Crippen LogP contribution in [0.3, 0.4) is 0 Å². The Balaban J connectivity index is 2.71. The van der Waals surface area contributed by atoms with Crippen LogP contribution >= 0.6 is 0 Å². The van der Waals surface area contributed by atoms with Crippen molar-refractivity contribution >= 4 is 5.91 Å². The molecule has 5 heteroatoms. The molecule has 5 nitrogen and oxygen atoms in total. The third-order valence-corrected chi connectivity index (χ3v) is 2.57.